The number of nitrogens with two attached hydrogens (primary N) is 1. The lowest BCUT2D eigenvalue weighted by Gasteiger charge is -2.41. The molecule has 1 saturated heterocycles. The second kappa shape index (κ2) is 9.90. The van der Waals surface area contributed by atoms with E-state index < -0.39 is 41.0 Å². The largest absolute Gasteiger partial charge is 0.416 e. The first-order valence-corrected chi connectivity index (χ1v) is 11.2. The third-order valence-corrected chi connectivity index (χ3v) is 6.64. The fraction of sp³-hybridized carbons (Fsp3) is 0.682. The number of aliphatic hydroxyl groups excluding tert-OH is 1. The summed E-state index contributed by atoms with van der Waals surface area (Å²) in [5.74, 6) is -0.340. The van der Waals surface area contributed by atoms with Crippen molar-refractivity contribution in [3.05, 3.63) is 29.3 Å². The maximum Gasteiger partial charge on any atom is 0.416 e. The van der Waals surface area contributed by atoms with Gasteiger partial charge in [0.2, 0.25) is 5.91 Å². The van der Waals surface area contributed by atoms with Gasteiger partial charge in [-0.3, -0.25) is 4.79 Å². The van der Waals surface area contributed by atoms with Crippen molar-refractivity contribution in [3.8, 4) is 0 Å². The molecule has 1 unspecified atom stereocenters. The lowest BCUT2D eigenvalue weighted by atomic mass is 9.82. The fourth-order valence-corrected chi connectivity index (χ4v) is 4.69. The number of anilines is 1. The molecule has 0 radical (unpaired) electrons. The summed E-state index contributed by atoms with van der Waals surface area (Å²) in [6.45, 7) is 0.431. The average molecular weight is 497 g/mol. The van der Waals surface area contributed by atoms with Gasteiger partial charge >= 0.3 is 12.4 Å². The molecular formula is C22H29F6N3O3. The van der Waals surface area contributed by atoms with Crippen LogP contribution in [0.15, 0.2) is 18.2 Å². The number of alkyl halides is 6. The Balaban J connectivity index is 1.62. The van der Waals surface area contributed by atoms with Crippen LogP contribution in [0, 0.1) is 5.92 Å². The van der Waals surface area contributed by atoms with Crippen molar-refractivity contribution in [1.82, 2.24) is 4.90 Å². The van der Waals surface area contributed by atoms with Gasteiger partial charge in [0.15, 0.2) is 0 Å². The van der Waals surface area contributed by atoms with Crippen molar-refractivity contribution in [1.29, 1.82) is 0 Å². The van der Waals surface area contributed by atoms with E-state index in [1.165, 1.54) is 0 Å². The molecule has 12 heteroatoms. The predicted molar refractivity (Wildman–Crippen MR) is 111 cm³/mol. The van der Waals surface area contributed by atoms with E-state index in [9.17, 15) is 41.4 Å². The number of hydrogen-bond donors (Lipinski definition) is 4. The highest BCUT2D eigenvalue weighted by Crippen LogP contribution is 2.38. The van der Waals surface area contributed by atoms with Gasteiger partial charge in [0.1, 0.15) is 6.23 Å². The highest BCUT2D eigenvalue weighted by Gasteiger charge is 2.40. The van der Waals surface area contributed by atoms with E-state index in [-0.39, 0.29) is 56.3 Å². The van der Waals surface area contributed by atoms with Crippen molar-refractivity contribution in [2.45, 2.75) is 75.2 Å². The van der Waals surface area contributed by atoms with Gasteiger partial charge in [0, 0.05) is 31.2 Å². The van der Waals surface area contributed by atoms with Crippen LogP contribution in [0.5, 0.6) is 0 Å². The molecule has 6 nitrogen and oxygen atoms in total. The molecule has 1 aliphatic heterocycles. The molecule has 1 heterocycles. The normalized spacial score (nSPS) is 24.6. The van der Waals surface area contributed by atoms with Crippen LogP contribution < -0.4 is 11.1 Å². The molecule has 192 valence electrons. The minimum absolute atomic E-state index is 0.00393. The number of carbonyl (C=O) groups excluding carboxylic acids is 1. The van der Waals surface area contributed by atoms with Crippen LogP contribution in [0.4, 0.5) is 32.0 Å². The first kappa shape index (κ1) is 26.6. The minimum Gasteiger partial charge on any atom is -0.390 e. The number of nitrogens with zero attached hydrogens (tertiary/aromatic N) is 1. The summed E-state index contributed by atoms with van der Waals surface area (Å²) in [6, 6.07) is 0.729. The third-order valence-electron chi connectivity index (χ3n) is 6.64. The lowest BCUT2D eigenvalue weighted by molar-refractivity contribution is -0.144. The summed E-state index contributed by atoms with van der Waals surface area (Å²) in [6.07, 6.45) is -8.37. The number of rotatable bonds is 5. The zero-order valence-electron chi connectivity index (χ0n) is 18.4. The summed E-state index contributed by atoms with van der Waals surface area (Å²) in [7, 11) is 0. The summed E-state index contributed by atoms with van der Waals surface area (Å²) in [5, 5.41) is 23.3. The van der Waals surface area contributed by atoms with Gasteiger partial charge in [-0.25, -0.2) is 0 Å². The SMILES string of the molecule is N[C@@H]1CCCC[C@@H]1C(=O)N1CCC(O)(CC(O)Nc2cc(C(F)(F)F)cc(C(F)(F)F)c2)CC1. The Morgan fingerprint density at radius 1 is 1.06 bits per heavy atom. The van der Waals surface area contributed by atoms with Crippen molar-refractivity contribution < 1.29 is 41.4 Å². The van der Waals surface area contributed by atoms with E-state index in [4.69, 9.17) is 5.73 Å². The Bertz CT molecular complexity index is 836. The number of nitrogens with one attached hydrogen (secondary N) is 1. The Morgan fingerprint density at radius 3 is 2.09 bits per heavy atom. The second-order valence-corrected chi connectivity index (χ2v) is 9.26. The molecule has 0 bridgehead atoms. The van der Waals surface area contributed by atoms with Gasteiger partial charge in [-0.1, -0.05) is 12.8 Å². The minimum atomic E-state index is -5.01. The Morgan fingerprint density at radius 2 is 1.59 bits per heavy atom. The molecule has 0 aromatic heterocycles. The molecule has 1 aromatic carbocycles. The van der Waals surface area contributed by atoms with Crippen LogP contribution in [0.3, 0.4) is 0 Å². The topological polar surface area (TPSA) is 98.8 Å². The number of halogens is 6. The number of aliphatic hydroxyl groups is 2. The third kappa shape index (κ3) is 6.54. The molecule has 1 amide bonds. The number of carbonyl (C=O) groups is 1. The van der Waals surface area contributed by atoms with E-state index in [0.717, 1.165) is 19.3 Å². The molecule has 34 heavy (non-hydrogen) atoms. The molecule has 5 N–H and O–H groups in total. The number of likely N-dealkylation sites (tertiary alicyclic amines) is 1. The molecule has 1 saturated carbocycles. The number of benzene rings is 1. The van der Waals surface area contributed by atoms with E-state index in [1.54, 1.807) is 4.90 Å². The molecular weight excluding hydrogens is 468 g/mol. The maximum atomic E-state index is 13.0. The molecule has 2 aliphatic rings. The van der Waals surface area contributed by atoms with Crippen LogP contribution in [0.1, 0.15) is 56.1 Å². The summed E-state index contributed by atoms with van der Waals surface area (Å²) >= 11 is 0. The van der Waals surface area contributed by atoms with E-state index >= 15 is 0 Å². The van der Waals surface area contributed by atoms with Crippen molar-refractivity contribution in [3.63, 3.8) is 0 Å². The Labute approximate surface area is 193 Å². The summed E-state index contributed by atoms with van der Waals surface area (Å²) in [5.41, 5.74) is 1.04. The van der Waals surface area contributed by atoms with Crippen LogP contribution in [-0.4, -0.2) is 52.0 Å². The van der Waals surface area contributed by atoms with Gasteiger partial charge < -0.3 is 26.2 Å². The molecule has 1 aromatic rings. The monoisotopic (exact) mass is 497 g/mol. The van der Waals surface area contributed by atoms with Gasteiger partial charge in [-0.2, -0.15) is 26.3 Å². The van der Waals surface area contributed by atoms with Gasteiger partial charge in [-0.15, -0.1) is 0 Å². The van der Waals surface area contributed by atoms with Gasteiger partial charge in [0.05, 0.1) is 22.6 Å². The molecule has 0 spiro atoms. The van der Waals surface area contributed by atoms with Gasteiger partial charge in [-0.05, 0) is 43.9 Å². The number of hydrogen-bond acceptors (Lipinski definition) is 5. The quantitative estimate of drug-likeness (QED) is 0.367. The maximum absolute atomic E-state index is 13.0. The standard InChI is InChI=1S/C22H29F6N3O3/c23-21(24,25)13-9-14(22(26,27)28)11-15(10-13)30-18(32)12-20(34)5-7-31(8-6-20)19(33)16-3-1-2-4-17(16)29/h9-11,16-18,30,32,34H,1-8,12,29H2/t16-,17+,18?/m0/s1. The average Bonchev–Trinajstić information content (AvgIpc) is 2.72. The number of piperidine rings is 1. The fourth-order valence-electron chi connectivity index (χ4n) is 4.69. The predicted octanol–water partition coefficient (Wildman–Crippen LogP) is 3.72. The van der Waals surface area contributed by atoms with Crippen molar-refractivity contribution in [2.75, 3.05) is 18.4 Å². The zero-order chi connectivity index (χ0) is 25.3. The Hall–Kier alpha value is -2.05. The number of amides is 1. The van der Waals surface area contributed by atoms with Gasteiger partial charge in [0.25, 0.3) is 0 Å². The van der Waals surface area contributed by atoms with Crippen LogP contribution in [-0.2, 0) is 17.1 Å². The van der Waals surface area contributed by atoms with Crippen molar-refractivity contribution in [2.24, 2.45) is 11.7 Å². The zero-order valence-corrected chi connectivity index (χ0v) is 18.4. The Kier molecular flexibility index (Phi) is 7.73. The molecule has 3 rings (SSSR count). The first-order valence-electron chi connectivity index (χ1n) is 11.2. The van der Waals surface area contributed by atoms with Crippen LogP contribution >= 0.6 is 0 Å². The van der Waals surface area contributed by atoms with Crippen LogP contribution in [0.2, 0.25) is 0 Å². The summed E-state index contributed by atoms with van der Waals surface area (Å²) < 4.78 is 78.2. The van der Waals surface area contributed by atoms with Crippen molar-refractivity contribution >= 4 is 11.6 Å². The van der Waals surface area contributed by atoms with E-state index in [1.807, 2.05) is 0 Å². The molecule has 1 aliphatic carbocycles. The summed E-state index contributed by atoms with van der Waals surface area (Å²) in [4.78, 5) is 14.4. The van der Waals surface area contributed by atoms with Crippen LogP contribution in [0.25, 0.3) is 0 Å². The van der Waals surface area contributed by atoms with E-state index in [0.29, 0.717) is 18.6 Å². The smallest absolute Gasteiger partial charge is 0.390 e. The molecule has 2 fully saturated rings. The highest BCUT2D eigenvalue weighted by atomic mass is 19.4. The first-order chi connectivity index (χ1) is 15.7. The van der Waals surface area contributed by atoms with E-state index in [2.05, 4.69) is 5.32 Å². The molecule has 3 atom stereocenters. The highest BCUT2D eigenvalue weighted by molar-refractivity contribution is 5.79. The second-order valence-electron chi connectivity index (χ2n) is 9.26. The lowest BCUT2D eigenvalue weighted by Crippen LogP contribution is -2.52.